The van der Waals surface area contributed by atoms with Crippen LogP contribution in [0.2, 0.25) is 0 Å². The Balaban J connectivity index is 2.42. The zero-order chi connectivity index (χ0) is 11.3. The maximum Gasteiger partial charge on any atom is 0.129 e. The van der Waals surface area contributed by atoms with Crippen LogP contribution < -0.4 is 5.32 Å². The summed E-state index contributed by atoms with van der Waals surface area (Å²) >= 11 is 0. The van der Waals surface area contributed by atoms with Crippen molar-refractivity contribution in [1.82, 2.24) is 14.9 Å². The molecule has 0 fully saturated rings. The van der Waals surface area contributed by atoms with Gasteiger partial charge in [-0.05, 0) is 25.6 Å². The summed E-state index contributed by atoms with van der Waals surface area (Å²) in [5.41, 5.74) is 0.231. The van der Waals surface area contributed by atoms with Gasteiger partial charge in [0.15, 0.2) is 0 Å². The highest BCUT2D eigenvalue weighted by atomic mass is 15.1. The van der Waals surface area contributed by atoms with E-state index in [0.29, 0.717) is 0 Å². The summed E-state index contributed by atoms with van der Waals surface area (Å²) in [7, 11) is 4.18. The van der Waals surface area contributed by atoms with Gasteiger partial charge in [-0.3, -0.25) is 0 Å². The molecule has 1 aromatic heterocycles. The van der Waals surface area contributed by atoms with Gasteiger partial charge in [0.1, 0.15) is 12.1 Å². The van der Waals surface area contributed by atoms with E-state index >= 15 is 0 Å². The number of nitrogens with one attached hydrogen (secondary N) is 1. The molecule has 0 aliphatic rings. The van der Waals surface area contributed by atoms with Crippen LogP contribution in [0.5, 0.6) is 0 Å². The van der Waals surface area contributed by atoms with Crippen LogP contribution in [-0.2, 0) is 0 Å². The second-order valence-electron chi connectivity index (χ2n) is 4.85. The minimum absolute atomic E-state index is 0.231. The fraction of sp³-hybridized carbons (Fsp3) is 0.636. The van der Waals surface area contributed by atoms with E-state index in [2.05, 4.69) is 48.1 Å². The molecule has 0 aromatic carbocycles. The summed E-state index contributed by atoms with van der Waals surface area (Å²) in [5, 5.41) is 3.31. The lowest BCUT2D eigenvalue weighted by molar-refractivity contribution is 0.254. The summed E-state index contributed by atoms with van der Waals surface area (Å²) in [5.74, 6) is 0.886. The molecule has 0 spiro atoms. The molecule has 0 unspecified atom stereocenters. The lowest BCUT2D eigenvalue weighted by Gasteiger charge is -2.28. The van der Waals surface area contributed by atoms with E-state index in [0.717, 1.165) is 18.9 Å². The van der Waals surface area contributed by atoms with E-state index in [-0.39, 0.29) is 5.41 Å². The van der Waals surface area contributed by atoms with Crippen molar-refractivity contribution in [3.63, 3.8) is 0 Å². The molecule has 0 amide bonds. The normalized spacial score (nSPS) is 11.8. The Hall–Kier alpha value is -1.16. The van der Waals surface area contributed by atoms with Gasteiger partial charge >= 0.3 is 0 Å². The van der Waals surface area contributed by atoms with Gasteiger partial charge in [0.05, 0.1) is 0 Å². The molecule has 0 atom stereocenters. The maximum absolute atomic E-state index is 4.13. The predicted octanol–water partition coefficient (Wildman–Crippen LogP) is 1.48. The van der Waals surface area contributed by atoms with Gasteiger partial charge in [-0.2, -0.15) is 0 Å². The molecule has 1 rings (SSSR count). The lowest BCUT2D eigenvalue weighted by atomic mass is 9.93. The van der Waals surface area contributed by atoms with Gasteiger partial charge in [0, 0.05) is 19.3 Å². The number of hydrogen-bond donors (Lipinski definition) is 1. The van der Waals surface area contributed by atoms with E-state index in [1.54, 1.807) is 12.5 Å². The minimum atomic E-state index is 0.231. The Morgan fingerprint density at radius 2 is 2.13 bits per heavy atom. The standard InChI is InChI=1S/C11H20N4/c1-11(2,8-15(3)4)7-13-10-5-6-12-9-14-10/h5-6,9H,7-8H2,1-4H3,(H,12,13,14). The van der Waals surface area contributed by atoms with E-state index in [4.69, 9.17) is 0 Å². The van der Waals surface area contributed by atoms with Crippen molar-refractivity contribution in [3.8, 4) is 0 Å². The zero-order valence-electron chi connectivity index (χ0n) is 9.99. The Morgan fingerprint density at radius 1 is 1.40 bits per heavy atom. The molecule has 15 heavy (non-hydrogen) atoms. The van der Waals surface area contributed by atoms with Crippen molar-refractivity contribution < 1.29 is 0 Å². The largest absolute Gasteiger partial charge is 0.369 e. The van der Waals surface area contributed by atoms with Crippen LogP contribution in [0.3, 0.4) is 0 Å². The average Bonchev–Trinajstić information content (AvgIpc) is 2.15. The van der Waals surface area contributed by atoms with Gasteiger partial charge in [0.25, 0.3) is 0 Å². The summed E-state index contributed by atoms with van der Waals surface area (Å²) in [4.78, 5) is 10.2. The first-order valence-electron chi connectivity index (χ1n) is 5.14. The first-order chi connectivity index (χ1) is 6.99. The molecule has 4 nitrogen and oxygen atoms in total. The van der Waals surface area contributed by atoms with Gasteiger partial charge in [-0.15, -0.1) is 0 Å². The molecule has 0 saturated heterocycles. The first kappa shape index (κ1) is 11.9. The van der Waals surface area contributed by atoms with Crippen LogP contribution in [0.4, 0.5) is 5.82 Å². The Morgan fingerprint density at radius 3 is 2.67 bits per heavy atom. The third-order valence-corrected chi connectivity index (χ3v) is 2.07. The van der Waals surface area contributed by atoms with Crippen LogP contribution in [0, 0.1) is 5.41 Å². The first-order valence-corrected chi connectivity index (χ1v) is 5.14. The van der Waals surface area contributed by atoms with Crippen molar-refractivity contribution in [2.45, 2.75) is 13.8 Å². The molecule has 1 N–H and O–H groups in total. The molecule has 0 aliphatic carbocycles. The molecule has 0 aliphatic heterocycles. The average molecular weight is 208 g/mol. The van der Waals surface area contributed by atoms with Crippen LogP contribution in [0.25, 0.3) is 0 Å². The molecular formula is C11H20N4. The topological polar surface area (TPSA) is 41.0 Å². The molecule has 1 heterocycles. The van der Waals surface area contributed by atoms with Gasteiger partial charge in [0.2, 0.25) is 0 Å². The molecular weight excluding hydrogens is 188 g/mol. The van der Waals surface area contributed by atoms with E-state index < -0.39 is 0 Å². The Labute approximate surface area is 91.7 Å². The lowest BCUT2D eigenvalue weighted by Crippen LogP contribution is -2.34. The van der Waals surface area contributed by atoms with Gasteiger partial charge in [-0.25, -0.2) is 9.97 Å². The maximum atomic E-state index is 4.13. The smallest absolute Gasteiger partial charge is 0.129 e. The number of rotatable bonds is 5. The number of aromatic nitrogens is 2. The fourth-order valence-corrected chi connectivity index (χ4v) is 1.64. The Bertz CT molecular complexity index is 282. The van der Waals surface area contributed by atoms with Crippen molar-refractivity contribution in [2.24, 2.45) is 5.41 Å². The second-order valence-corrected chi connectivity index (χ2v) is 4.85. The van der Waals surface area contributed by atoms with Crippen molar-refractivity contribution in [3.05, 3.63) is 18.6 Å². The van der Waals surface area contributed by atoms with E-state index in [1.807, 2.05) is 6.07 Å². The molecule has 0 bridgehead atoms. The van der Waals surface area contributed by atoms with Crippen molar-refractivity contribution in [2.75, 3.05) is 32.5 Å². The molecule has 84 valence electrons. The fourth-order valence-electron chi connectivity index (χ4n) is 1.64. The van der Waals surface area contributed by atoms with Crippen molar-refractivity contribution >= 4 is 5.82 Å². The summed E-state index contributed by atoms with van der Waals surface area (Å²) < 4.78 is 0. The van der Waals surface area contributed by atoms with Crippen LogP contribution in [0.15, 0.2) is 18.6 Å². The minimum Gasteiger partial charge on any atom is -0.369 e. The van der Waals surface area contributed by atoms with Gasteiger partial charge < -0.3 is 10.2 Å². The Kier molecular flexibility index (Phi) is 4.03. The highest BCUT2D eigenvalue weighted by Crippen LogP contribution is 2.16. The monoisotopic (exact) mass is 208 g/mol. The summed E-state index contributed by atoms with van der Waals surface area (Å²) in [6, 6.07) is 1.88. The third kappa shape index (κ3) is 4.74. The van der Waals surface area contributed by atoms with Gasteiger partial charge in [-0.1, -0.05) is 13.8 Å². The SMILES string of the molecule is CN(C)CC(C)(C)CNc1ccncn1. The van der Waals surface area contributed by atoms with E-state index in [1.165, 1.54) is 0 Å². The van der Waals surface area contributed by atoms with Crippen molar-refractivity contribution in [1.29, 1.82) is 0 Å². The molecule has 4 heteroatoms. The summed E-state index contributed by atoms with van der Waals surface area (Å²) in [6.07, 6.45) is 3.30. The molecule has 0 radical (unpaired) electrons. The van der Waals surface area contributed by atoms with E-state index in [9.17, 15) is 0 Å². The van der Waals surface area contributed by atoms with Crippen LogP contribution >= 0.6 is 0 Å². The van der Waals surface area contributed by atoms with Crippen LogP contribution in [0.1, 0.15) is 13.8 Å². The third-order valence-electron chi connectivity index (χ3n) is 2.07. The highest BCUT2D eigenvalue weighted by molar-refractivity contribution is 5.31. The zero-order valence-corrected chi connectivity index (χ0v) is 9.99. The van der Waals surface area contributed by atoms with Crippen LogP contribution in [-0.4, -0.2) is 42.1 Å². The molecule has 0 saturated carbocycles. The molecule has 1 aromatic rings. The summed E-state index contributed by atoms with van der Waals surface area (Å²) in [6.45, 7) is 6.43. The highest BCUT2D eigenvalue weighted by Gasteiger charge is 2.18. The number of nitrogens with zero attached hydrogens (tertiary/aromatic N) is 3. The quantitative estimate of drug-likeness (QED) is 0.795. The predicted molar refractivity (Wildman–Crippen MR) is 62.9 cm³/mol. The second kappa shape index (κ2) is 5.07. The number of hydrogen-bond acceptors (Lipinski definition) is 4. The number of anilines is 1.